The second kappa shape index (κ2) is 5.46. The van der Waals surface area contributed by atoms with Crippen molar-refractivity contribution in [1.82, 2.24) is 4.31 Å². The Kier molecular flexibility index (Phi) is 3.92. The van der Waals surface area contributed by atoms with Crippen molar-refractivity contribution < 1.29 is 12.8 Å². The molecule has 0 saturated carbocycles. The zero-order valence-electron chi connectivity index (χ0n) is 10.8. The van der Waals surface area contributed by atoms with Gasteiger partial charge in [-0.15, -0.1) is 0 Å². The molecule has 2 rings (SSSR count). The first-order valence-electron chi connectivity index (χ1n) is 5.78. The Morgan fingerprint density at radius 1 is 1.16 bits per heavy atom. The van der Waals surface area contributed by atoms with Gasteiger partial charge in [-0.3, -0.25) is 0 Å². The normalized spacial score (nSPS) is 11.7. The maximum Gasteiger partial charge on any atom is 0.242 e. The fourth-order valence-corrected chi connectivity index (χ4v) is 2.45. The van der Waals surface area contributed by atoms with Gasteiger partial charge in [0.25, 0.3) is 0 Å². The molecule has 2 aromatic rings. The highest BCUT2D eigenvalue weighted by Gasteiger charge is 2.16. The van der Waals surface area contributed by atoms with E-state index in [9.17, 15) is 8.42 Å². The van der Waals surface area contributed by atoms with E-state index in [2.05, 4.69) is 5.32 Å². The van der Waals surface area contributed by atoms with Crippen LogP contribution in [0.1, 0.15) is 5.56 Å². The molecule has 1 heterocycles. The molecule has 0 atom stereocenters. The largest absolute Gasteiger partial charge is 0.472 e. The number of sulfonamides is 1. The number of anilines is 1. The number of nitrogens with zero attached hydrogens (tertiary/aromatic N) is 1. The van der Waals surface area contributed by atoms with Gasteiger partial charge >= 0.3 is 0 Å². The van der Waals surface area contributed by atoms with Gasteiger partial charge in [-0.1, -0.05) is 0 Å². The van der Waals surface area contributed by atoms with Crippen molar-refractivity contribution >= 4 is 15.7 Å². The Morgan fingerprint density at radius 2 is 1.84 bits per heavy atom. The molecule has 0 spiro atoms. The Bertz CT molecular complexity index is 616. The molecule has 5 nitrogen and oxygen atoms in total. The molecule has 0 radical (unpaired) electrons. The smallest absolute Gasteiger partial charge is 0.242 e. The monoisotopic (exact) mass is 280 g/mol. The van der Waals surface area contributed by atoms with Crippen molar-refractivity contribution in [2.24, 2.45) is 0 Å². The van der Waals surface area contributed by atoms with E-state index in [0.29, 0.717) is 6.54 Å². The minimum atomic E-state index is -3.36. The zero-order chi connectivity index (χ0) is 13.9. The Morgan fingerprint density at radius 3 is 2.37 bits per heavy atom. The molecule has 0 bridgehead atoms. The zero-order valence-corrected chi connectivity index (χ0v) is 11.6. The molecule has 6 heteroatoms. The standard InChI is InChI=1S/C13H16N2O3S/c1-15(2)19(16,17)13-5-3-12(4-6-13)14-9-11-7-8-18-10-11/h3-8,10,14H,9H2,1-2H3. The lowest BCUT2D eigenvalue weighted by atomic mass is 10.3. The predicted molar refractivity (Wildman–Crippen MR) is 73.3 cm³/mol. The van der Waals surface area contributed by atoms with Gasteiger partial charge in [-0.2, -0.15) is 0 Å². The number of nitrogens with one attached hydrogen (secondary N) is 1. The molecule has 1 aromatic heterocycles. The fourth-order valence-electron chi connectivity index (χ4n) is 1.55. The molecular weight excluding hydrogens is 264 g/mol. The van der Waals surface area contributed by atoms with Gasteiger partial charge in [0, 0.05) is 31.9 Å². The summed E-state index contributed by atoms with van der Waals surface area (Å²) in [5.74, 6) is 0. The highest BCUT2D eigenvalue weighted by molar-refractivity contribution is 7.89. The molecular formula is C13H16N2O3S. The number of hydrogen-bond acceptors (Lipinski definition) is 4. The van der Waals surface area contributed by atoms with Crippen molar-refractivity contribution in [1.29, 1.82) is 0 Å². The minimum absolute atomic E-state index is 0.284. The van der Waals surface area contributed by atoms with Gasteiger partial charge < -0.3 is 9.73 Å². The lowest BCUT2D eigenvalue weighted by Gasteiger charge is -2.12. The summed E-state index contributed by atoms with van der Waals surface area (Å²) in [6.45, 7) is 0.635. The van der Waals surface area contributed by atoms with Crippen LogP contribution in [0.3, 0.4) is 0 Å². The van der Waals surface area contributed by atoms with E-state index in [-0.39, 0.29) is 4.90 Å². The van der Waals surface area contributed by atoms with Gasteiger partial charge in [-0.05, 0) is 30.3 Å². The van der Waals surface area contributed by atoms with Crippen molar-refractivity contribution in [2.45, 2.75) is 11.4 Å². The highest BCUT2D eigenvalue weighted by atomic mass is 32.2. The van der Waals surface area contributed by atoms with Crippen LogP contribution in [0.2, 0.25) is 0 Å². The molecule has 1 aromatic carbocycles. The summed E-state index contributed by atoms with van der Waals surface area (Å²) >= 11 is 0. The number of furan rings is 1. The predicted octanol–water partition coefficient (Wildman–Crippen LogP) is 2.14. The molecule has 102 valence electrons. The summed E-state index contributed by atoms with van der Waals surface area (Å²) in [6.07, 6.45) is 3.28. The minimum Gasteiger partial charge on any atom is -0.472 e. The average molecular weight is 280 g/mol. The van der Waals surface area contributed by atoms with Crippen LogP contribution < -0.4 is 5.32 Å². The van der Waals surface area contributed by atoms with Crippen LogP contribution >= 0.6 is 0 Å². The van der Waals surface area contributed by atoms with Gasteiger partial charge in [0.15, 0.2) is 0 Å². The van der Waals surface area contributed by atoms with E-state index in [1.54, 1.807) is 36.8 Å². The van der Waals surface area contributed by atoms with Crippen molar-refractivity contribution in [2.75, 3.05) is 19.4 Å². The Hall–Kier alpha value is -1.79. The summed E-state index contributed by atoms with van der Waals surface area (Å²) in [5.41, 5.74) is 1.89. The van der Waals surface area contributed by atoms with Crippen LogP contribution in [0.5, 0.6) is 0 Å². The average Bonchev–Trinajstić information content (AvgIpc) is 2.90. The summed E-state index contributed by atoms with van der Waals surface area (Å²) in [7, 11) is -0.333. The molecule has 0 saturated heterocycles. The highest BCUT2D eigenvalue weighted by Crippen LogP contribution is 2.17. The van der Waals surface area contributed by atoms with Crippen LogP contribution in [-0.4, -0.2) is 26.8 Å². The van der Waals surface area contributed by atoms with Crippen molar-refractivity contribution in [3.8, 4) is 0 Å². The second-order valence-corrected chi connectivity index (χ2v) is 6.45. The molecule has 0 unspecified atom stereocenters. The lowest BCUT2D eigenvalue weighted by molar-refractivity contribution is 0.521. The molecule has 0 fully saturated rings. The van der Waals surface area contributed by atoms with Crippen LogP contribution in [0, 0.1) is 0 Å². The lowest BCUT2D eigenvalue weighted by Crippen LogP contribution is -2.22. The van der Waals surface area contributed by atoms with Gasteiger partial charge in [0.1, 0.15) is 0 Å². The van der Waals surface area contributed by atoms with Gasteiger partial charge in [-0.25, -0.2) is 12.7 Å². The summed E-state index contributed by atoms with van der Waals surface area (Å²) < 4.78 is 29.9. The Labute approximate surface area is 112 Å². The van der Waals surface area contributed by atoms with E-state index >= 15 is 0 Å². The van der Waals surface area contributed by atoms with E-state index in [0.717, 1.165) is 11.3 Å². The van der Waals surface area contributed by atoms with Gasteiger partial charge in [0.2, 0.25) is 10.0 Å². The maximum atomic E-state index is 11.9. The summed E-state index contributed by atoms with van der Waals surface area (Å²) in [4.78, 5) is 0.284. The molecule has 0 aliphatic heterocycles. The number of hydrogen-bond donors (Lipinski definition) is 1. The first-order chi connectivity index (χ1) is 9.00. The van der Waals surface area contributed by atoms with Crippen molar-refractivity contribution in [3.05, 3.63) is 48.4 Å². The third kappa shape index (κ3) is 3.15. The van der Waals surface area contributed by atoms with E-state index in [1.165, 1.54) is 18.4 Å². The van der Waals surface area contributed by atoms with Gasteiger partial charge in [0.05, 0.1) is 17.4 Å². The van der Waals surface area contributed by atoms with E-state index < -0.39 is 10.0 Å². The van der Waals surface area contributed by atoms with E-state index in [4.69, 9.17) is 4.42 Å². The quantitative estimate of drug-likeness (QED) is 0.911. The molecule has 0 aliphatic rings. The molecule has 0 amide bonds. The molecule has 0 aliphatic carbocycles. The van der Waals surface area contributed by atoms with Crippen LogP contribution in [0.4, 0.5) is 5.69 Å². The van der Waals surface area contributed by atoms with Crippen LogP contribution in [0.15, 0.2) is 52.2 Å². The van der Waals surface area contributed by atoms with Crippen LogP contribution in [0.25, 0.3) is 0 Å². The molecule has 19 heavy (non-hydrogen) atoms. The van der Waals surface area contributed by atoms with E-state index in [1.807, 2.05) is 6.07 Å². The first kappa shape index (κ1) is 13.6. The molecule has 1 N–H and O–H groups in total. The third-order valence-corrected chi connectivity index (χ3v) is 4.54. The summed E-state index contributed by atoms with van der Waals surface area (Å²) in [5, 5.41) is 3.19. The van der Waals surface area contributed by atoms with Crippen molar-refractivity contribution in [3.63, 3.8) is 0 Å². The fraction of sp³-hybridized carbons (Fsp3) is 0.231. The topological polar surface area (TPSA) is 62.6 Å². The Balaban J connectivity index is 2.07. The summed E-state index contributed by atoms with van der Waals surface area (Å²) in [6, 6.07) is 8.55. The van der Waals surface area contributed by atoms with Crippen LogP contribution in [-0.2, 0) is 16.6 Å². The number of rotatable bonds is 5. The third-order valence-electron chi connectivity index (χ3n) is 2.71. The second-order valence-electron chi connectivity index (χ2n) is 4.30. The number of benzene rings is 1. The SMILES string of the molecule is CN(C)S(=O)(=O)c1ccc(NCc2ccoc2)cc1. The maximum absolute atomic E-state index is 11.9. The first-order valence-corrected chi connectivity index (χ1v) is 7.22.